The maximum atomic E-state index is 14.2. The molecule has 0 amide bonds. The van der Waals surface area contributed by atoms with Crippen LogP contribution in [0.15, 0.2) is 30.3 Å². The van der Waals surface area contributed by atoms with Crippen LogP contribution < -0.4 is 20.1 Å². The lowest BCUT2D eigenvalue weighted by Crippen LogP contribution is -2.36. The molecule has 9 heteroatoms. The highest BCUT2D eigenvalue weighted by atomic mass is 19.2. The molecular formula is C27H34F2N4O3. The Morgan fingerprint density at radius 1 is 1.06 bits per heavy atom. The normalized spacial score (nSPS) is 12.8. The number of fused-ring (bicyclic) bond motifs is 1. The van der Waals surface area contributed by atoms with E-state index in [4.69, 9.17) is 9.47 Å². The van der Waals surface area contributed by atoms with E-state index in [1.54, 1.807) is 27.2 Å². The van der Waals surface area contributed by atoms with Crippen molar-refractivity contribution in [3.63, 3.8) is 0 Å². The topological polar surface area (TPSA) is 85.4 Å². The van der Waals surface area contributed by atoms with Crippen molar-refractivity contribution in [2.24, 2.45) is 0 Å². The van der Waals surface area contributed by atoms with E-state index in [0.717, 1.165) is 37.0 Å². The molecule has 2 N–H and O–H groups in total. The van der Waals surface area contributed by atoms with Crippen LogP contribution in [0.1, 0.15) is 58.4 Å². The number of ketones is 1. The quantitative estimate of drug-likeness (QED) is 0.286. The smallest absolute Gasteiger partial charge is 0.225 e. The van der Waals surface area contributed by atoms with Crippen molar-refractivity contribution >= 4 is 28.5 Å². The van der Waals surface area contributed by atoms with Gasteiger partial charge in [0.15, 0.2) is 11.6 Å². The average Bonchev–Trinajstić information content (AvgIpc) is 2.86. The van der Waals surface area contributed by atoms with Crippen molar-refractivity contribution in [1.29, 1.82) is 0 Å². The predicted octanol–water partition coefficient (Wildman–Crippen LogP) is 6.27. The Kier molecular flexibility index (Phi) is 9.01. The zero-order chi connectivity index (χ0) is 26.3. The van der Waals surface area contributed by atoms with Gasteiger partial charge in [0.25, 0.3) is 0 Å². The molecule has 3 rings (SSSR count). The van der Waals surface area contributed by atoms with E-state index in [1.165, 1.54) is 0 Å². The Morgan fingerprint density at radius 3 is 2.47 bits per heavy atom. The molecule has 0 fully saturated rings. The van der Waals surface area contributed by atoms with Crippen LogP contribution in [0.25, 0.3) is 10.9 Å². The molecule has 0 saturated carbocycles. The van der Waals surface area contributed by atoms with Gasteiger partial charge in [0.05, 0.1) is 19.7 Å². The monoisotopic (exact) mass is 500 g/mol. The zero-order valence-electron chi connectivity index (χ0n) is 21.5. The van der Waals surface area contributed by atoms with E-state index in [2.05, 4.69) is 27.5 Å². The summed E-state index contributed by atoms with van der Waals surface area (Å²) in [5, 5.41) is 6.97. The molecule has 0 spiro atoms. The number of carbonyl (C=O) groups is 1. The number of hydrogen-bond donors (Lipinski definition) is 2. The fraction of sp³-hybridized carbons (Fsp3) is 0.444. The number of nitrogens with zero attached hydrogens (tertiary/aromatic N) is 2. The minimum Gasteiger partial charge on any atom is -0.497 e. The van der Waals surface area contributed by atoms with E-state index in [0.29, 0.717) is 42.1 Å². The van der Waals surface area contributed by atoms with Gasteiger partial charge < -0.3 is 24.9 Å². The largest absolute Gasteiger partial charge is 0.497 e. The Labute approximate surface area is 210 Å². The van der Waals surface area contributed by atoms with Gasteiger partial charge in [-0.25, -0.2) is 13.8 Å². The number of unbranched alkanes of at least 4 members (excludes halogenated alkanes) is 1. The van der Waals surface area contributed by atoms with Crippen molar-refractivity contribution in [2.75, 3.05) is 24.9 Å². The number of nitrogens with one attached hydrogen (secondary N) is 2. The van der Waals surface area contributed by atoms with Gasteiger partial charge in [0, 0.05) is 41.6 Å². The second-order valence-corrected chi connectivity index (χ2v) is 9.20. The maximum absolute atomic E-state index is 14.2. The fourth-order valence-corrected chi connectivity index (χ4v) is 4.02. The number of rotatable bonds is 13. The maximum Gasteiger partial charge on any atom is 0.225 e. The summed E-state index contributed by atoms with van der Waals surface area (Å²) in [4.78, 5) is 20.7. The van der Waals surface area contributed by atoms with Gasteiger partial charge in [-0.15, -0.1) is 0 Å². The molecule has 0 unspecified atom stereocenters. The number of ether oxygens (including phenoxy) is 2. The van der Waals surface area contributed by atoms with Crippen LogP contribution in [0.3, 0.4) is 0 Å². The van der Waals surface area contributed by atoms with E-state index >= 15 is 0 Å². The first kappa shape index (κ1) is 27.1. The van der Waals surface area contributed by atoms with Crippen LogP contribution in [0.5, 0.6) is 11.5 Å². The summed E-state index contributed by atoms with van der Waals surface area (Å²) in [5.41, 5.74) is 0.639. The van der Waals surface area contributed by atoms with Crippen molar-refractivity contribution in [1.82, 2.24) is 9.97 Å². The van der Waals surface area contributed by atoms with Crippen LogP contribution in [0.2, 0.25) is 0 Å². The van der Waals surface area contributed by atoms with E-state index in [1.807, 2.05) is 19.1 Å². The second kappa shape index (κ2) is 12.0. The highest BCUT2D eigenvalue weighted by Gasteiger charge is 2.26. The van der Waals surface area contributed by atoms with Crippen molar-refractivity contribution in [3.05, 3.63) is 47.5 Å². The summed E-state index contributed by atoms with van der Waals surface area (Å²) in [7, 11) is 3.15. The summed E-state index contributed by atoms with van der Waals surface area (Å²) >= 11 is 0. The molecule has 0 aliphatic carbocycles. The Bertz CT molecular complexity index is 1220. The Hall–Kier alpha value is -3.49. The second-order valence-electron chi connectivity index (χ2n) is 9.20. The minimum atomic E-state index is -0.986. The van der Waals surface area contributed by atoms with Crippen LogP contribution in [-0.4, -0.2) is 35.5 Å². The lowest BCUT2D eigenvalue weighted by molar-refractivity contribution is -0.117. The van der Waals surface area contributed by atoms with Gasteiger partial charge in [-0.1, -0.05) is 19.8 Å². The number of benzene rings is 2. The molecule has 194 valence electrons. The number of halogens is 2. The van der Waals surface area contributed by atoms with Gasteiger partial charge in [-0.2, -0.15) is 4.98 Å². The van der Waals surface area contributed by atoms with Crippen molar-refractivity contribution < 1.29 is 23.0 Å². The van der Waals surface area contributed by atoms with E-state index in [9.17, 15) is 13.6 Å². The molecule has 0 bridgehead atoms. The van der Waals surface area contributed by atoms with E-state index < -0.39 is 17.2 Å². The molecule has 0 saturated heterocycles. The number of aromatic nitrogens is 2. The number of carbonyl (C=O) groups excluding carboxylic acids is 1. The lowest BCUT2D eigenvalue weighted by Gasteiger charge is -2.32. The third-order valence-corrected chi connectivity index (χ3v) is 6.20. The van der Waals surface area contributed by atoms with Crippen LogP contribution in [0, 0.1) is 11.6 Å². The first-order valence-corrected chi connectivity index (χ1v) is 12.1. The van der Waals surface area contributed by atoms with Crippen LogP contribution in [0.4, 0.5) is 20.5 Å². The molecule has 1 heterocycles. The molecule has 36 heavy (non-hydrogen) atoms. The molecule has 0 aliphatic heterocycles. The summed E-state index contributed by atoms with van der Waals surface area (Å²) in [6, 6.07) is 7.63. The number of hydrogen-bond acceptors (Lipinski definition) is 7. The van der Waals surface area contributed by atoms with Crippen LogP contribution in [-0.2, 0) is 11.3 Å². The Balaban J connectivity index is 1.98. The first-order valence-electron chi connectivity index (χ1n) is 12.1. The summed E-state index contributed by atoms with van der Waals surface area (Å²) in [6.07, 6.45) is 3.71. The first-order chi connectivity index (χ1) is 17.2. The predicted molar refractivity (Wildman–Crippen MR) is 138 cm³/mol. The summed E-state index contributed by atoms with van der Waals surface area (Å²) < 4.78 is 39.0. The zero-order valence-corrected chi connectivity index (χ0v) is 21.5. The van der Waals surface area contributed by atoms with Crippen molar-refractivity contribution in [2.45, 2.75) is 65.0 Å². The number of Topliss-reactive ketones (excluding diaryl/α,β-unsaturated/α-hetero) is 1. The summed E-state index contributed by atoms with van der Waals surface area (Å²) in [5.74, 6) is 0.0561. The van der Waals surface area contributed by atoms with Gasteiger partial charge >= 0.3 is 0 Å². The van der Waals surface area contributed by atoms with Gasteiger partial charge in [0.1, 0.15) is 23.1 Å². The SMILES string of the molecule is CCCC[C@](C)(CCC(C)=O)Nc1nc(NCc2ccc(OC)cc2OC)nc2cc(F)c(F)cc12. The third kappa shape index (κ3) is 6.80. The van der Waals surface area contributed by atoms with Gasteiger partial charge in [0.2, 0.25) is 5.95 Å². The van der Waals surface area contributed by atoms with E-state index in [-0.39, 0.29) is 17.2 Å². The molecule has 1 atom stereocenters. The number of anilines is 2. The van der Waals surface area contributed by atoms with Crippen LogP contribution >= 0.6 is 0 Å². The molecule has 1 aromatic heterocycles. The minimum absolute atomic E-state index is 0.0935. The van der Waals surface area contributed by atoms with Crippen molar-refractivity contribution in [3.8, 4) is 11.5 Å². The molecule has 7 nitrogen and oxygen atoms in total. The standard InChI is InChI=1S/C27H34F2N4O3/c1-6-7-11-27(3,12-10-17(2)34)33-25-20-14-21(28)22(29)15-23(20)31-26(32-25)30-16-18-8-9-19(35-4)13-24(18)36-5/h8-9,13-15H,6-7,10-12,16H2,1-5H3,(H2,30,31,32,33)/t27-/m1/s1. The lowest BCUT2D eigenvalue weighted by atomic mass is 9.88. The molecule has 0 radical (unpaired) electrons. The van der Waals surface area contributed by atoms with Gasteiger partial charge in [-0.3, -0.25) is 0 Å². The number of methoxy groups -OCH3 is 2. The average molecular weight is 501 g/mol. The molecule has 3 aromatic rings. The molecular weight excluding hydrogens is 466 g/mol. The third-order valence-electron chi connectivity index (χ3n) is 6.20. The highest BCUT2D eigenvalue weighted by Crippen LogP contribution is 2.31. The Morgan fingerprint density at radius 2 is 1.81 bits per heavy atom. The van der Waals surface area contributed by atoms with Gasteiger partial charge in [-0.05, 0) is 44.9 Å². The highest BCUT2D eigenvalue weighted by molar-refractivity contribution is 5.90. The molecule has 0 aliphatic rings. The summed E-state index contributed by atoms with van der Waals surface area (Å²) in [6.45, 7) is 6.01. The fourth-order valence-electron chi connectivity index (χ4n) is 4.02. The molecule has 2 aromatic carbocycles.